The Labute approximate surface area is 188 Å². The van der Waals surface area contributed by atoms with E-state index in [9.17, 15) is 19.5 Å². The first-order chi connectivity index (χ1) is 15.2. The number of aromatic amines is 1. The lowest BCUT2D eigenvalue weighted by molar-refractivity contribution is -0.130. The fourth-order valence-corrected chi connectivity index (χ4v) is 4.13. The third-order valence-electron chi connectivity index (χ3n) is 5.33. The second-order valence-electron chi connectivity index (χ2n) is 7.82. The van der Waals surface area contributed by atoms with Gasteiger partial charge in [-0.3, -0.25) is 14.6 Å². The molecule has 9 heteroatoms. The van der Waals surface area contributed by atoms with Crippen molar-refractivity contribution in [1.82, 2.24) is 14.6 Å². The number of hydrazone groups is 1. The first kappa shape index (κ1) is 21.6. The molecule has 0 spiro atoms. The highest BCUT2D eigenvalue weighted by molar-refractivity contribution is 6.30. The van der Waals surface area contributed by atoms with Crippen LogP contribution in [0.5, 0.6) is 5.88 Å². The molecule has 2 N–H and O–H groups in total. The van der Waals surface area contributed by atoms with Crippen LogP contribution in [0.2, 0.25) is 5.02 Å². The van der Waals surface area contributed by atoms with Gasteiger partial charge in [-0.1, -0.05) is 29.8 Å². The number of carbonyl (C=O) groups is 1. The number of hydrogen-bond acceptors (Lipinski definition) is 5. The Morgan fingerprint density at radius 2 is 1.75 bits per heavy atom. The fourth-order valence-electron chi connectivity index (χ4n) is 4.00. The van der Waals surface area contributed by atoms with Crippen LogP contribution in [0.15, 0.2) is 57.2 Å². The van der Waals surface area contributed by atoms with Crippen molar-refractivity contribution in [2.45, 2.75) is 33.2 Å². The maximum Gasteiger partial charge on any atom is 0.335 e. The van der Waals surface area contributed by atoms with Gasteiger partial charge in [-0.2, -0.15) is 5.10 Å². The summed E-state index contributed by atoms with van der Waals surface area (Å²) in [5.41, 5.74) is 1.50. The zero-order valence-corrected chi connectivity index (χ0v) is 18.5. The average Bonchev–Trinajstić information content (AvgIpc) is 3.12. The maximum absolute atomic E-state index is 12.7. The number of aryl methyl sites for hydroxylation is 2. The van der Waals surface area contributed by atoms with Gasteiger partial charge >= 0.3 is 5.69 Å². The second-order valence-corrected chi connectivity index (χ2v) is 8.26. The highest BCUT2D eigenvalue weighted by Crippen LogP contribution is 2.34. The van der Waals surface area contributed by atoms with Gasteiger partial charge in [-0.05, 0) is 54.8 Å². The molecule has 0 aliphatic carbocycles. The number of benzene rings is 2. The number of aromatic nitrogens is 2. The zero-order chi connectivity index (χ0) is 23.2. The van der Waals surface area contributed by atoms with Crippen molar-refractivity contribution in [2.24, 2.45) is 5.10 Å². The van der Waals surface area contributed by atoms with Crippen LogP contribution in [0.3, 0.4) is 0 Å². The minimum Gasteiger partial charge on any atom is -0.493 e. The largest absolute Gasteiger partial charge is 0.493 e. The number of hydrogen-bond donors (Lipinski definition) is 2. The van der Waals surface area contributed by atoms with Crippen molar-refractivity contribution in [3.05, 3.63) is 90.6 Å². The first-order valence-corrected chi connectivity index (χ1v) is 10.3. The summed E-state index contributed by atoms with van der Waals surface area (Å²) in [6, 6.07) is 11.9. The summed E-state index contributed by atoms with van der Waals surface area (Å²) >= 11 is 5.98. The Morgan fingerprint density at radius 3 is 2.34 bits per heavy atom. The molecule has 0 radical (unpaired) electrons. The van der Waals surface area contributed by atoms with Crippen molar-refractivity contribution < 1.29 is 9.90 Å². The molecule has 0 saturated heterocycles. The molecule has 1 aliphatic heterocycles. The third kappa shape index (κ3) is 3.85. The molecule has 0 fully saturated rings. The van der Waals surface area contributed by atoms with E-state index in [1.807, 2.05) is 19.9 Å². The number of aromatic hydroxyl groups is 1. The molecular formula is C23H21ClN4O4. The molecule has 1 unspecified atom stereocenters. The standard InChI is InChI=1S/C23H21ClN4O4/c1-12-8-13(2)10-17(9-12)27-22(31)20(21(30)25-23(27)32)18-11-19(28(26-18)14(3)29)15-4-6-16(24)7-5-15/h4-10,19,31H,11H2,1-3H3,(H,25,30,32). The van der Waals surface area contributed by atoms with E-state index in [1.54, 1.807) is 36.4 Å². The molecule has 0 saturated carbocycles. The predicted molar refractivity (Wildman–Crippen MR) is 122 cm³/mol. The summed E-state index contributed by atoms with van der Waals surface area (Å²) in [7, 11) is 0. The molecule has 1 aromatic heterocycles. The highest BCUT2D eigenvalue weighted by Gasteiger charge is 2.34. The van der Waals surface area contributed by atoms with Gasteiger partial charge in [0.25, 0.3) is 5.56 Å². The van der Waals surface area contributed by atoms with Crippen LogP contribution in [0.25, 0.3) is 5.69 Å². The lowest BCUT2D eigenvalue weighted by Crippen LogP contribution is -2.33. The molecule has 1 amide bonds. The quantitative estimate of drug-likeness (QED) is 0.636. The van der Waals surface area contributed by atoms with Crippen LogP contribution in [0.1, 0.15) is 41.6 Å². The van der Waals surface area contributed by atoms with Crippen LogP contribution in [0.4, 0.5) is 0 Å². The van der Waals surface area contributed by atoms with Crippen LogP contribution in [-0.4, -0.2) is 31.3 Å². The van der Waals surface area contributed by atoms with Gasteiger partial charge in [0.2, 0.25) is 11.8 Å². The molecule has 2 heterocycles. The van der Waals surface area contributed by atoms with Gasteiger partial charge in [0, 0.05) is 18.4 Å². The topological polar surface area (TPSA) is 108 Å². The lowest BCUT2D eigenvalue weighted by Gasteiger charge is -2.20. The van der Waals surface area contributed by atoms with Crippen LogP contribution in [0, 0.1) is 13.8 Å². The summed E-state index contributed by atoms with van der Waals surface area (Å²) in [5, 5.41) is 17.2. The molecule has 164 valence electrons. The van der Waals surface area contributed by atoms with Crippen molar-refractivity contribution in [3.63, 3.8) is 0 Å². The van der Waals surface area contributed by atoms with Crippen LogP contribution >= 0.6 is 11.6 Å². The Morgan fingerprint density at radius 1 is 1.12 bits per heavy atom. The van der Waals surface area contributed by atoms with E-state index < -0.39 is 23.2 Å². The van der Waals surface area contributed by atoms with Gasteiger partial charge in [0.15, 0.2) is 0 Å². The van der Waals surface area contributed by atoms with Crippen molar-refractivity contribution in [3.8, 4) is 11.6 Å². The first-order valence-electron chi connectivity index (χ1n) is 9.96. The number of H-pyrrole nitrogens is 1. The number of nitrogens with one attached hydrogen (secondary N) is 1. The molecule has 1 atom stereocenters. The summed E-state index contributed by atoms with van der Waals surface area (Å²) in [5.74, 6) is -0.846. The van der Waals surface area contributed by atoms with E-state index in [0.717, 1.165) is 21.3 Å². The molecular weight excluding hydrogens is 432 g/mol. The van der Waals surface area contributed by atoms with E-state index in [0.29, 0.717) is 10.7 Å². The highest BCUT2D eigenvalue weighted by atomic mass is 35.5. The lowest BCUT2D eigenvalue weighted by atomic mass is 9.99. The van der Waals surface area contributed by atoms with Gasteiger partial charge in [-0.25, -0.2) is 14.4 Å². The van der Waals surface area contributed by atoms with Gasteiger partial charge in [0.1, 0.15) is 5.56 Å². The van der Waals surface area contributed by atoms with E-state index in [-0.39, 0.29) is 23.6 Å². The predicted octanol–water partition coefficient (Wildman–Crippen LogP) is 3.20. The number of halogens is 1. The molecule has 2 aromatic carbocycles. The smallest absolute Gasteiger partial charge is 0.335 e. The van der Waals surface area contributed by atoms with Crippen molar-refractivity contribution in [1.29, 1.82) is 0 Å². The van der Waals surface area contributed by atoms with Crippen molar-refractivity contribution >= 4 is 23.2 Å². The maximum atomic E-state index is 12.7. The summed E-state index contributed by atoms with van der Waals surface area (Å²) in [6.07, 6.45) is 0.183. The normalized spacial score (nSPS) is 15.7. The Kier molecular flexibility index (Phi) is 5.48. The Balaban J connectivity index is 1.85. The number of amides is 1. The number of rotatable bonds is 3. The van der Waals surface area contributed by atoms with Gasteiger partial charge in [-0.15, -0.1) is 0 Å². The zero-order valence-electron chi connectivity index (χ0n) is 17.7. The summed E-state index contributed by atoms with van der Waals surface area (Å²) < 4.78 is 1.03. The van der Waals surface area contributed by atoms with Crippen LogP contribution in [-0.2, 0) is 4.79 Å². The third-order valence-corrected chi connectivity index (χ3v) is 5.58. The van der Waals surface area contributed by atoms with Crippen molar-refractivity contribution in [2.75, 3.05) is 0 Å². The SMILES string of the molecule is CC(=O)N1N=C(c2c(O)n(-c3cc(C)cc(C)c3)c(=O)[nH]c2=O)CC1c1ccc(Cl)cc1. The van der Waals surface area contributed by atoms with Gasteiger partial charge < -0.3 is 5.11 Å². The Bertz CT molecular complexity index is 1350. The van der Waals surface area contributed by atoms with Crippen LogP contribution < -0.4 is 11.2 Å². The monoisotopic (exact) mass is 452 g/mol. The number of carbonyl (C=O) groups excluding carboxylic acids is 1. The molecule has 4 rings (SSSR count). The van der Waals surface area contributed by atoms with E-state index in [2.05, 4.69) is 10.1 Å². The molecule has 0 bridgehead atoms. The second kappa shape index (κ2) is 8.12. The Hall–Kier alpha value is -3.65. The average molecular weight is 453 g/mol. The number of nitrogens with zero attached hydrogens (tertiary/aromatic N) is 3. The van der Waals surface area contributed by atoms with E-state index in [4.69, 9.17) is 11.6 Å². The molecule has 3 aromatic rings. The molecule has 32 heavy (non-hydrogen) atoms. The van der Waals surface area contributed by atoms with Gasteiger partial charge in [0.05, 0.1) is 17.4 Å². The summed E-state index contributed by atoms with van der Waals surface area (Å²) in [4.78, 5) is 39.8. The molecule has 1 aliphatic rings. The van der Waals surface area contributed by atoms with E-state index in [1.165, 1.54) is 11.9 Å². The molecule has 8 nitrogen and oxygen atoms in total. The fraction of sp³-hybridized carbons (Fsp3) is 0.217. The summed E-state index contributed by atoms with van der Waals surface area (Å²) in [6.45, 7) is 5.11. The minimum atomic E-state index is -0.771. The van der Waals surface area contributed by atoms with E-state index >= 15 is 0 Å². The minimum absolute atomic E-state index is 0.147.